The van der Waals surface area contributed by atoms with Gasteiger partial charge in [0.25, 0.3) is 0 Å². The third kappa shape index (κ3) is 3.08. The Morgan fingerprint density at radius 3 is 2.37 bits per heavy atom. The highest BCUT2D eigenvalue weighted by atomic mass is 32.1. The topological polar surface area (TPSA) is 76.2 Å². The molecule has 0 radical (unpaired) electrons. The van der Waals surface area contributed by atoms with Crippen molar-refractivity contribution in [2.75, 3.05) is 5.73 Å². The lowest BCUT2D eigenvalue weighted by Gasteiger charge is -2.36. The fraction of sp³-hybridized carbons (Fsp3) is 0.714. The maximum absolute atomic E-state index is 11.2. The van der Waals surface area contributed by atoms with E-state index in [1.54, 1.807) is 0 Å². The minimum Gasteiger partial charge on any atom is -0.476 e. The number of anilines is 1. The number of hydrogen-bond acceptors (Lipinski definition) is 4. The molecule has 1 fully saturated rings. The number of aromatic carboxylic acids is 1. The molecule has 1 aliphatic carbocycles. The number of nitrogens with zero attached hydrogens (tertiary/aromatic N) is 1. The Hall–Kier alpha value is -1.10. The van der Waals surface area contributed by atoms with Crippen LogP contribution < -0.4 is 5.73 Å². The van der Waals surface area contributed by atoms with Crippen molar-refractivity contribution in [3.05, 3.63) is 10.6 Å². The summed E-state index contributed by atoms with van der Waals surface area (Å²) in [7, 11) is 0. The molecule has 3 N–H and O–H groups in total. The van der Waals surface area contributed by atoms with E-state index < -0.39 is 5.97 Å². The van der Waals surface area contributed by atoms with Crippen molar-refractivity contribution in [3.8, 4) is 0 Å². The molecule has 1 heterocycles. The third-order valence-electron chi connectivity index (χ3n) is 4.20. The van der Waals surface area contributed by atoms with Crippen LogP contribution >= 0.6 is 11.3 Å². The van der Waals surface area contributed by atoms with Crippen LogP contribution in [0.25, 0.3) is 0 Å². The molecule has 0 saturated heterocycles. The molecule has 0 atom stereocenters. The zero-order valence-corrected chi connectivity index (χ0v) is 12.6. The van der Waals surface area contributed by atoms with Gasteiger partial charge >= 0.3 is 5.97 Å². The summed E-state index contributed by atoms with van der Waals surface area (Å²) in [5.41, 5.74) is 6.17. The van der Waals surface area contributed by atoms with Gasteiger partial charge in [0.2, 0.25) is 0 Å². The molecule has 0 spiro atoms. The van der Waals surface area contributed by atoms with E-state index in [0.717, 1.165) is 36.5 Å². The van der Waals surface area contributed by atoms with Crippen molar-refractivity contribution in [1.82, 2.24) is 4.98 Å². The van der Waals surface area contributed by atoms with E-state index in [1.807, 2.05) is 0 Å². The van der Waals surface area contributed by atoms with Gasteiger partial charge in [0.05, 0.1) is 0 Å². The van der Waals surface area contributed by atoms with Gasteiger partial charge in [-0.15, -0.1) is 11.3 Å². The van der Waals surface area contributed by atoms with Crippen LogP contribution in [0.4, 0.5) is 5.13 Å². The first-order valence-corrected chi connectivity index (χ1v) is 7.60. The highest BCUT2D eigenvalue weighted by Gasteiger charge is 2.33. The fourth-order valence-corrected chi connectivity index (χ4v) is 3.99. The van der Waals surface area contributed by atoms with Crippen molar-refractivity contribution in [1.29, 1.82) is 0 Å². The number of nitrogens with two attached hydrogens (primary N) is 1. The summed E-state index contributed by atoms with van der Waals surface area (Å²) in [6.07, 6.45) is 4.41. The highest BCUT2D eigenvalue weighted by molar-refractivity contribution is 7.15. The largest absolute Gasteiger partial charge is 0.476 e. The number of rotatable bonds is 2. The van der Waals surface area contributed by atoms with Gasteiger partial charge in [-0.1, -0.05) is 20.8 Å². The van der Waals surface area contributed by atoms with Crippen molar-refractivity contribution < 1.29 is 9.90 Å². The molecule has 19 heavy (non-hydrogen) atoms. The minimum absolute atomic E-state index is 0.168. The molecule has 2 rings (SSSR count). The average molecular weight is 282 g/mol. The third-order valence-corrected chi connectivity index (χ3v) is 5.24. The van der Waals surface area contributed by atoms with Gasteiger partial charge in [-0.05, 0) is 42.9 Å². The lowest BCUT2D eigenvalue weighted by atomic mass is 9.69. The molecule has 106 valence electrons. The van der Waals surface area contributed by atoms with E-state index in [-0.39, 0.29) is 5.69 Å². The maximum Gasteiger partial charge on any atom is 0.355 e. The zero-order valence-electron chi connectivity index (χ0n) is 11.8. The SMILES string of the molecule is CC(C)(C)C1CCC(c2sc(N)nc2C(=O)O)CC1. The van der Waals surface area contributed by atoms with E-state index in [0.29, 0.717) is 16.5 Å². The number of hydrogen-bond donors (Lipinski definition) is 2. The zero-order chi connectivity index (χ0) is 14.2. The number of carbonyl (C=O) groups is 1. The monoisotopic (exact) mass is 282 g/mol. The van der Waals surface area contributed by atoms with E-state index >= 15 is 0 Å². The second-order valence-corrected chi connectivity index (χ2v) is 7.55. The summed E-state index contributed by atoms with van der Waals surface area (Å²) in [6.45, 7) is 6.85. The lowest BCUT2D eigenvalue weighted by molar-refractivity contribution is 0.0688. The first kappa shape index (κ1) is 14.3. The molecule has 0 amide bonds. The summed E-state index contributed by atoms with van der Waals surface area (Å²) in [6, 6.07) is 0. The Balaban J connectivity index is 2.12. The van der Waals surface area contributed by atoms with E-state index in [4.69, 9.17) is 5.73 Å². The van der Waals surface area contributed by atoms with Gasteiger partial charge in [-0.3, -0.25) is 0 Å². The second-order valence-electron chi connectivity index (χ2n) is 6.48. The summed E-state index contributed by atoms with van der Waals surface area (Å²) < 4.78 is 0. The van der Waals surface area contributed by atoms with Crippen LogP contribution in [0.15, 0.2) is 0 Å². The Labute approximate surface area is 118 Å². The minimum atomic E-state index is -0.958. The molecule has 0 aromatic carbocycles. The smallest absolute Gasteiger partial charge is 0.355 e. The van der Waals surface area contributed by atoms with Crippen LogP contribution in [0.1, 0.15) is 67.7 Å². The Morgan fingerprint density at radius 2 is 1.89 bits per heavy atom. The van der Waals surface area contributed by atoms with Gasteiger partial charge in [0, 0.05) is 4.88 Å². The molecular formula is C14H22N2O2S. The number of carboxylic acid groups (broad SMARTS) is 1. The summed E-state index contributed by atoms with van der Waals surface area (Å²) >= 11 is 1.34. The predicted octanol–water partition coefficient (Wildman–Crippen LogP) is 3.74. The average Bonchev–Trinajstić information content (AvgIpc) is 2.70. The first-order chi connectivity index (χ1) is 8.79. The van der Waals surface area contributed by atoms with Gasteiger partial charge < -0.3 is 10.8 Å². The van der Waals surface area contributed by atoms with Crippen LogP contribution in [0, 0.1) is 11.3 Å². The molecule has 0 unspecified atom stereocenters. The molecular weight excluding hydrogens is 260 g/mol. The number of thiazole rings is 1. The van der Waals surface area contributed by atoms with E-state index in [2.05, 4.69) is 25.8 Å². The van der Waals surface area contributed by atoms with Gasteiger partial charge in [0.1, 0.15) is 0 Å². The molecule has 1 aromatic heterocycles. The van der Waals surface area contributed by atoms with Crippen molar-refractivity contribution >= 4 is 22.4 Å². The lowest BCUT2D eigenvalue weighted by Crippen LogP contribution is -2.25. The van der Waals surface area contributed by atoms with Crippen molar-refractivity contribution in [2.45, 2.75) is 52.4 Å². The van der Waals surface area contributed by atoms with Gasteiger partial charge in [-0.25, -0.2) is 9.78 Å². The Bertz CT molecular complexity index is 468. The number of aromatic nitrogens is 1. The normalized spacial score (nSPS) is 24.4. The predicted molar refractivity (Wildman–Crippen MR) is 77.6 cm³/mol. The molecule has 0 aliphatic heterocycles. The Morgan fingerprint density at radius 1 is 1.32 bits per heavy atom. The summed E-state index contributed by atoms with van der Waals surface area (Å²) in [5.74, 6) is 0.0858. The Kier molecular flexibility index (Phi) is 3.85. The number of carboxylic acids is 1. The fourth-order valence-electron chi connectivity index (χ4n) is 3.00. The first-order valence-electron chi connectivity index (χ1n) is 6.78. The highest BCUT2D eigenvalue weighted by Crippen LogP contribution is 2.45. The van der Waals surface area contributed by atoms with Crippen LogP contribution in [0.5, 0.6) is 0 Å². The molecule has 0 bridgehead atoms. The summed E-state index contributed by atoms with van der Waals surface area (Å²) in [4.78, 5) is 16.0. The molecule has 4 nitrogen and oxygen atoms in total. The number of nitrogen functional groups attached to an aromatic ring is 1. The molecule has 1 aromatic rings. The van der Waals surface area contributed by atoms with E-state index in [1.165, 1.54) is 11.3 Å². The molecule has 5 heteroatoms. The van der Waals surface area contributed by atoms with Crippen LogP contribution in [0.3, 0.4) is 0 Å². The summed E-state index contributed by atoms with van der Waals surface area (Å²) in [5, 5.41) is 9.55. The van der Waals surface area contributed by atoms with Gasteiger partial charge in [-0.2, -0.15) is 0 Å². The van der Waals surface area contributed by atoms with E-state index in [9.17, 15) is 9.90 Å². The van der Waals surface area contributed by atoms with Crippen LogP contribution in [-0.4, -0.2) is 16.1 Å². The van der Waals surface area contributed by atoms with Crippen molar-refractivity contribution in [2.24, 2.45) is 11.3 Å². The van der Waals surface area contributed by atoms with Crippen LogP contribution in [-0.2, 0) is 0 Å². The molecule has 1 saturated carbocycles. The maximum atomic E-state index is 11.2. The van der Waals surface area contributed by atoms with Crippen molar-refractivity contribution in [3.63, 3.8) is 0 Å². The van der Waals surface area contributed by atoms with Gasteiger partial charge in [0.15, 0.2) is 10.8 Å². The molecule has 1 aliphatic rings. The second kappa shape index (κ2) is 5.12. The quantitative estimate of drug-likeness (QED) is 0.866. The standard InChI is InChI=1S/C14H22N2O2S/c1-14(2,3)9-6-4-8(5-7-9)11-10(12(17)18)16-13(15)19-11/h8-9H,4-7H2,1-3H3,(H2,15,16)(H,17,18). The van der Waals surface area contributed by atoms with Crippen LogP contribution in [0.2, 0.25) is 0 Å².